The zero-order valence-corrected chi connectivity index (χ0v) is 10.7. The van der Waals surface area contributed by atoms with Crippen LogP contribution in [0.4, 0.5) is 5.82 Å². The quantitative estimate of drug-likeness (QED) is 0.877. The van der Waals surface area contributed by atoms with Crippen molar-refractivity contribution in [2.24, 2.45) is 7.05 Å². The first-order valence-corrected chi connectivity index (χ1v) is 5.70. The maximum atomic E-state index is 4.49. The number of aromatic nitrogens is 4. The minimum absolute atomic E-state index is 0.769. The first kappa shape index (κ1) is 11.6. The van der Waals surface area contributed by atoms with Gasteiger partial charge in [-0.05, 0) is 20.8 Å². The molecule has 0 bridgehead atoms. The van der Waals surface area contributed by atoms with Gasteiger partial charge in [-0.2, -0.15) is 5.10 Å². The number of nitrogens with one attached hydrogen (secondary N) is 1. The van der Waals surface area contributed by atoms with E-state index in [9.17, 15) is 0 Å². The van der Waals surface area contributed by atoms with Crippen molar-refractivity contribution in [3.8, 4) is 11.3 Å². The number of nitrogens with zero attached hydrogens (tertiary/aromatic N) is 4. The van der Waals surface area contributed by atoms with E-state index < -0.39 is 0 Å². The molecular weight excluding hydrogens is 214 g/mol. The lowest BCUT2D eigenvalue weighted by atomic mass is 10.1. The van der Waals surface area contributed by atoms with Gasteiger partial charge in [0.2, 0.25) is 0 Å². The van der Waals surface area contributed by atoms with E-state index in [0.29, 0.717) is 0 Å². The standard InChI is InChI=1S/C12H17N5/c1-5-13-12-8(2)11(15-9(3)16-12)10-6-14-17(4)7-10/h6-7H,5H2,1-4H3,(H,13,15,16). The summed E-state index contributed by atoms with van der Waals surface area (Å²) in [6.45, 7) is 6.84. The van der Waals surface area contributed by atoms with E-state index in [2.05, 4.69) is 27.3 Å². The highest BCUT2D eigenvalue weighted by Gasteiger charge is 2.11. The second-order valence-electron chi connectivity index (χ2n) is 4.03. The number of aryl methyl sites for hydroxylation is 2. The molecule has 0 aliphatic carbocycles. The highest BCUT2D eigenvalue weighted by molar-refractivity contribution is 5.67. The molecule has 90 valence electrons. The fourth-order valence-electron chi connectivity index (χ4n) is 1.79. The van der Waals surface area contributed by atoms with Crippen molar-refractivity contribution in [3.63, 3.8) is 0 Å². The molecule has 0 aromatic carbocycles. The van der Waals surface area contributed by atoms with Gasteiger partial charge in [-0.3, -0.25) is 4.68 Å². The summed E-state index contributed by atoms with van der Waals surface area (Å²) in [7, 11) is 1.90. The van der Waals surface area contributed by atoms with Crippen LogP contribution < -0.4 is 5.32 Å². The Morgan fingerprint density at radius 2 is 2.06 bits per heavy atom. The van der Waals surface area contributed by atoms with Crippen molar-refractivity contribution in [1.82, 2.24) is 19.7 Å². The van der Waals surface area contributed by atoms with Crippen molar-refractivity contribution in [2.45, 2.75) is 20.8 Å². The summed E-state index contributed by atoms with van der Waals surface area (Å²) in [5.41, 5.74) is 3.03. The Morgan fingerprint density at radius 1 is 1.29 bits per heavy atom. The van der Waals surface area contributed by atoms with Gasteiger partial charge < -0.3 is 5.32 Å². The molecule has 0 saturated heterocycles. The molecule has 17 heavy (non-hydrogen) atoms. The van der Waals surface area contributed by atoms with Gasteiger partial charge in [-0.15, -0.1) is 0 Å². The van der Waals surface area contributed by atoms with Crippen LogP contribution in [-0.2, 0) is 7.05 Å². The topological polar surface area (TPSA) is 55.6 Å². The lowest BCUT2D eigenvalue weighted by molar-refractivity contribution is 0.768. The smallest absolute Gasteiger partial charge is 0.133 e. The average Bonchev–Trinajstić information content (AvgIpc) is 2.70. The molecule has 0 aliphatic heterocycles. The zero-order chi connectivity index (χ0) is 12.4. The average molecular weight is 231 g/mol. The monoisotopic (exact) mass is 231 g/mol. The first-order valence-electron chi connectivity index (χ1n) is 5.70. The van der Waals surface area contributed by atoms with E-state index in [1.165, 1.54) is 0 Å². The van der Waals surface area contributed by atoms with E-state index in [1.807, 2.05) is 33.3 Å². The molecule has 5 nitrogen and oxygen atoms in total. The lowest BCUT2D eigenvalue weighted by Gasteiger charge is -2.10. The number of hydrogen-bond donors (Lipinski definition) is 1. The van der Waals surface area contributed by atoms with Crippen molar-refractivity contribution in [3.05, 3.63) is 23.8 Å². The van der Waals surface area contributed by atoms with Gasteiger partial charge in [0.05, 0.1) is 11.9 Å². The van der Waals surface area contributed by atoms with Crippen LogP contribution in [0.2, 0.25) is 0 Å². The second kappa shape index (κ2) is 4.53. The molecule has 0 amide bonds. The summed E-state index contributed by atoms with van der Waals surface area (Å²) in [5, 5.41) is 7.43. The molecule has 2 aromatic heterocycles. The van der Waals surface area contributed by atoms with Crippen molar-refractivity contribution >= 4 is 5.82 Å². The third-order valence-electron chi connectivity index (χ3n) is 2.58. The molecule has 0 radical (unpaired) electrons. The van der Waals surface area contributed by atoms with Crippen LogP contribution in [0.5, 0.6) is 0 Å². The Balaban J connectivity index is 2.53. The molecule has 1 N–H and O–H groups in total. The Labute approximate surface area is 101 Å². The molecule has 0 unspecified atom stereocenters. The van der Waals surface area contributed by atoms with Gasteiger partial charge in [0, 0.05) is 30.9 Å². The van der Waals surface area contributed by atoms with Crippen molar-refractivity contribution in [1.29, 1.82) is 0 Å². The van der Waals surface area contributed by atoms with Gasteiger partial charge in [0.25, 0.3) is 0 Å². The zero-order valence-electron chi connectivity index (χ0n) is 10.7. The molecule has 0 atom stereocenters. The molecule has 5 heteroatoms. The summed E-state index contributed by atoms with van der Waals surface area (Å²) in [6.07, 6.45) is 3.79. The van der Waals surface area contributed by atoms with E-state index in [4.69, 9.17) is 0 Å². The Hall–Kier alpha value is -1.91. The van der Waals surface area contributed by atoms with Crippen LogP contribution in [0.1, 0.15) is 18.3 Å². The minimum atomic E-state index is 0.769. The molecule has 0 fully saturated rings. The number of hydrogen-bond acceptors (Lipinski definition) is 4. The lowest BCUT2D eigenvalue weighted by Crippen LogP contribution is -2.05. The second-order valence-corrected chi connectivity index (χ2v) is 4.03. The van der Waals surface area contributed by atoms with Gasteiger partial charge >= 0.3 is 0 Å². The maximum Gasteiger partial charge on any atom is 0.133 e. The Kier molecular flexibility index (Phi) is 3.08. The third kappa shape index (κ3) is 2.27. The SMILES string of the molecule is CCNc1nc(C)nc(-c2cnn(C)c2)c1C. The summed E-state index contributed by atoms with van der Waals surface area (Å²) >= 11 is 0. The van der Waals surface area contributed by atoms with Crippen molar-refractivity contribution < 1.29 is 0 Å². The fraction of sp³-hybridized carbons (Fsp3) is 0.417. The Bertz CT molecular complexity index is 530. The van der Waals surface area contributed by atoms with Crippen LogP contribution in [0.25, 0.3) is 11.3 Å². The van der Waals surface area contributed by atoms with Gasteiger partial charge in [-0.25, -0.2) is 9.97 Å². The van der Waals surface area contributed by atoms with Crippen LogP contribution in [0.15, 0.2) is 12.4 Å². The van der Waals surface area contributed by atoms with Crippen LogP contribution >= 0.6 is 0 Å². The molecule has 2 heterocycles. The first-order chi connectivity index (χ1) is 8.11. The van der Waals surface area contributed by atoms with Crippen molar-refractivity contribution in [2.75, 3.05) is 11.9 Å². The third-order valence-corrected chi connectivity index (χ3v) is 2.58. The highest BCUT2D eigenvalue weighted by atomic mass is 15.2. The van der Waals surface area contributed by atoms with E-state index >= 15 is 0 Å². The van der Waals surface area contributed by atoms with Crippen LogP contribution in [0.3, 0.4) is 0 Å². The number of rotatable bonds is 3. The normalized spacial score (nSPS) is 10.6. The predicted octanol–water partition coefficient (Wildman–Crippen LogP) is 1.93. The molecule has 2 rings (SSSR count). The van der Waals surface area contributed by atoms with Gasteiger partial charge in [0.15, 0.2) is 0 Å². The maximum absolute atomic E-state index is 4.49. The predicted molar refractivity (Wildman–Crippen MR) is 67.9 cm³/mol. The largest absolute Gasteiger partial charge is 0.370 e. The molecule has 0 saturated carbocycles. The molecule has 0 aliphatic rings. The van der Waals surface area contributed by atoms with E-state index in [-0.39, 0.29) is 0 Å². The molecule has 2 aromatic rings. The van der Waals surface area contributed by atoms with E-state index in [0.717, 1.165) is 35.0 Å². The minimum Gasteiger partial charge on any atom is -0.370 e. The molecular formula is C12H17N5. The fourth-order valence-corrected chi connectivity index (χ4v) is 1.79. The summed E-state index contributed by atoms with van der Waals surface area (Å²) in [5.74, 6) is 1.67. The van der Waals surface area contributed by atoms with E-state index in [1.54, 1.807) is 4.68 Å². The molecule has 0 spiro atoms. The number of anilines is 1. The summed E-state index contributed by atoms with van der Waals surface area (Å²) in [6, 6.07) is 0. The van der Waals surface area contributed by atoms with Gasteiger partial charge in [-0.1, -0.05) is 0 Å². The summed E-state index contributed by atoms with van der Waals surface area (Å²) < 4.78 is 1.78. The van der Waals surface area contributed by atoms with Crippen LogP contribution in [-0.4, -0.2) is 26.3 Å². The Morgan fingerprint density at radius 3 is 2.65 bits per heavy atom. The van der Waals surface area contributed by atoms with Crippen LogP contribution in [0, 0.1) is 13.8 Å². The summed E-state index contributed by atoms with van der Waals surface area (Å²) in [4.78, 5) is 8.90. The van der Waals surface area contributed by atoms with Gasteiger partial charge in [0.1, 0.15) is 11.6 Å². The highest BCUT2D eigenvalue weighted by Crippen LogP contribution is 2.24.